The lowest BCUT2D eigenvalue weighted by molar-refractivity contribution is -0.271. The monoisotopic (exact) mass is 344 g/mol. The van der Waals surface area contributed by atoms with Gasteiger partial charge in [0.05, 0.1) is 0 Å². The molecule has 0 saturated heterocycles. The number of sulfonamides is 1. The van der Waals surface area contributed by atoms with Crippen molar-refractivity contribution in [2.45, 2.75) is 37.4 Å². The van der Waals surface area contributed by atoms with E-state index in [1.54, 1.807) is 11.9 Å². The SMILES string of the molecule is CCCN(C)CCNS(=O)(=O)C(F)(F)C(F)(F)C(C)(F)F. The summed E-state index contributed by atoms with van der Waals surface area (Å²) in [5.74, 6) is -11.2. The number of hydrogen-bond acceptors (Lipinski definition) is 3. The summed E-state index contributed by atoms with van der Waals surface area (Å²) in [6, 6.07) is 0. The molecule has 11 heteroatoms. The number of nitrogens with zero attached hydrogens (tertiary/aromatic N) is 1. The van der Waals surface area contributed by atoms with Gasteiger partial charge in [0.25, 0.3) is 10.0 Å². The Bertz CT molecular complexity index is 435. The van der Waals surface area contributed by atoms with Crippen LogP contribution in [0.1, 0.15) is 20.3 Å². The third-order valence-electron chi connectivity index (χ3n) is 2.65. The van der Waals surface area contributed by atoms with Crippen molar-refractivity contribution in [3.05, 3.63) is 0 Å². The zero-order chi connectivity index (χ0) is 17.1. The fourth-order valence-electron chi connectivity index (χ4n) is 1.38. The van der Waals surface area contributed by atoms with E-state index in [1.165, 1.54) is 4.72 Å². The second-order valence-corrected chi connectivity index (χ2v) is 6.49. The number of halogens is 6. The standard InChI is InChI=1S/C10H18F6N2O2S/c1-4-6-18(3)7-5-17-21(19,20)10(15,16)9(13,14)8(2,11)12/h17H,4-7H2,1-3H3. The second kappa shape index (κ2) is 6.69. The van der Waals surface area contributed by atoms with Crippen LogP contribution in [0.25, 0.3) is 0 Å². The minimum Gasteiger partial charge on any atom is -0.305 e. The van der Waals surface area contributed by atoms with Crippen molar-refractivity contribution in [1.29, 1.82) is 0 Å². The zero-order valence-corrected chi connectivity index (χ0v) is 12.6. The molecule has 0 radical (unpaired) electrons. The Morgan fingerprint density at radius 3 is 1.90 bits per heavy atom. The molecule has 0 aromatic carbocycles. The van der Waals surface area contributed by atoms with E-state index in [-0.39, 0.29) is 6.54 Å². The lowest BCUT2D eigenvalue weighted by atomic mass is 10.2. The molecule has 0 heterocycles. The van der Waals surface area contributed by atoms with Crippen LogP contribution in [0.5, 0.6) is 0 Å². The van der Waals surface area contributed by atoms with E-state index in [9.17, 15) is 34.8 Å². The van der Waals surface area contributed by atoms with Crippen LogP contribution in [0.2, 0.25) is 0 Å². The van der Waals surface area contributed by atoms with E-state index in [0.717, 1.165) is 0 Å². The Balaban J connectivity index is 4.99. The van der Waals surface area contributed by atoms with Crippen LogP contribution in [-0.2, 0) is 10.0 Å². The topological polar surface area (TPSA) is 49.4 Å². The smallest absolute Gasteiger partial charge is 0.305 e. The van der Waals surface area contributed by atoms with Crippen LogP contribution in [0.15, 0.2) is 0 Å². The van der Waals surface area contributed by atoms with Crippen molar-refractivity contribution in [1.82, 2.24) is 9.62 Å². The van der Waals surface area contributed by atoms with Crippen LogP contribution >= 0.6 is 0 Å². The summed E-state index contributed by atoms with van der Waals surface area (Å²) in [6.07, 6.45) is 0.708. The molecule has 0 fully saturated rings. The van der Waals surface area contributed by atoms with Gasteiger partial charge in [0, 0.05) is 20.0 Å². The molecule has 21 heavy (non-hydrogen) atoms. The van der Waals surface area contributed by atoms with Gasteiger partial charge in [0.2, 0.25) is 0 Å². The molecule has 0 aromatic heterocycles. The Hall–Kier alpha value is -0.550. The maximum Gasteiger partial charge on any atom is 0.426 e. The third-order valence-corrected chi connectivity index (χ3v) is 4.16. The van der Waals surface area contributed by atoms with Crippen molar-refractivity contribution < 1.29 is 34.8 Å². The van der Waals surface area contributed by atoms with Gasteiger partial charge in [0.1, 0.15) is 0 Å². The fourth-order valence-corrected chi connectivity index (χ4v) is 2.44. The molecule has 1 N–H and O–H groups in total. The average Bonchev–Trinajstić information content (AvgIpc) is 2.26. The van der Waals surface area contributed by atoms with Crippen LogP contribution in [0.4, 0.5) is 26.3 Å². The minimum atomic E-state index is -6.03. The summed E-state index contributed by atoms with van der Waals surface area (Å²) < 4.78 is 101. The van der Waals surface area contributed by atoms with E-state index in [4.69, 9.17) is 0 Å². The number of hydrogen-bond donors (Lipinski definition) is 1. The molecular weight excluding hydrogens is 326 g/mol. The largest absolute Gasteiger partial charge is 0.426 e. The van der Waals surface area contributed by atoms with Gasteiger partial charge in [-0.15, -0.1) is 0 Å². The molecule has 0 aliphatic carbocycles. The van der Waals surface area contributed by atoms with Gasteiger partial charge in [-0.1, -0.05) is 6.92 Å². The molecule has 0 amide bonds. The van der Waals surface area contributed by atoms with E-state index in [2.05, 4.69) is 0 Å². The van der Waals surface area contributed by atoms with Crippen LogP contribution in [0.3, 0.4) is 0 Å². The first-order valence-corrected chi connectivity index (χ1v) is 7.50. The minimum absolute atomic E-state index is 0.0305. The molecular formula is C10H18F6N2O2S. The Kier molecular flexibility index (Phi) is 6.52. The molecule has 0 saturated carbocycles. The maximum atomic E-state index is 13.3. The highest BCUT2D eigenvalue weighted by molar-refractivity contribution is 7.90. The molecule has 4 nitrogen and oxygen atoms in total. The van der Waals surface area contributed by atoms with Crippen molar-refractivity contribution in [3.63, 3.8) is 0 Å². The number of likely N-dealkylation sites (N-methyl/N-ethyl adjacent to an activating group) is 1. The molecule has 0 spiro atoms. The summed E-state index contributed by atoms with van der Waals surface area (Å²) in [7, 11) is -4.39. The predicted molar refractivity (Wildman–Crippen MR) is 65.2 cm³/mol. The van der Waals surface area contributed by atoms with Crippen LogP contribution in [0, 0.1) is 0 Å². The van der Waals surface area contributed by atoms with E-state index in [0.29, 0.717) is 13.0 Å². The van der Waals surface area contributed by atoms with Gasteiger partial charge in [-0.3, -0.25) is 0 Å². The Morgan fingerprint density at radius 2 is 1.52 bits per heavy atom. The number of nitrogens with one attached hydrogen (secondary N) is 1. The van der Waals surface area contributed by atoms with Crippen LogP contribution in [-0.4, -0.2) is 57.1 Å². The van der Waals surface area contributed by atoms with Crippen molar-refractivity contribution in [3.8, 4) is 0 Å². The quantitative estimate of drug-likeness (QED) is 0.652. The van der Waals surface area contributed by atoms with E-state index in [1.807, 2.05) is 6.92 Å². The summed E-state index contributed by atoms with van der Waals surface area (Å²) in [4.78, 5) is 1.56. The molecule has 0 unspecified atom stereocenters. The van der Waals surface area contributed by atoms with Gasteiger partial charge >= 0.3 is 17.1 Å². The summed E-state index contributed by atoms with van der Waals surface area (Å²) in [5.41, 5.74) is 0. The van der Waals surface area contributed by atoms with E-state index < -0.39 is 40.6 Å². The van der Waals surface area contributed by atoms with Gasteiger partial charge in [-0.2, -0.15) is 26.3 Å². The second-order valence-electron chi connectivity index (χ2n) is 4.68. The first kappa shape index (κ1) is 20.5. The van der Waals surface area contributed by atoms with Crippen molar-refractivity contribution >= 4 is 10.0 Å². The molecule has 0 rings (SSSR count). The Labute approximate surface area is 119 Å². The van der Waals surface area contributed by atoms with Gasteiger partial charge in [-0.05, 0) is 20.0 Å². The lowest BCUT2D eigenvalue weighted by Gasteiger charge is -2.30. The summed E-state index contributed by atoms with van der Waals surface area (Å²) in [5, 5.41) is -5.93. The predicted octanol–water partition coefficient (Wildman–Crippen LogP) is 2.13. The molecule has 0 bridgehead atoms. The molecule has 0 aliphatic heterocycles. The highest BCUT2D eigenvalue weighted by Crippen LogP contribution is 2.47. The highest BCUT2D eigenvalue weighted by Gasteiger charge is 2.75. The molecule has 0 atom stereocenters. The first-order chi connectivity index (χ1) is 9.20. The highest BCUT2D eigenvalue weighted by atomic mass is 32.2. The third kappa shape index (κ3) is 4.46. The first-order valence-electron chi connectivity index (χ1n) is 6.02. The normalized spacial score (nSPS) is 14.8. The van der Waals surface area contributed by atoms with E-state index >= 15 is 0 Å². The molecule has 0 aromatic rings. The fraction of sp³-hybridized carbons (Fsp3) is 1.00. The number of rotatable bonds is 9. The van der Waals surface area contributed by atoms with Crippen LogP contribution < -0.4 is 4.72 Å². The Morgan fingerprint density at radius 1 is 1.05 bits per heavy atom. The van der Waals surface area contributed by atoms with Gasteiger partial charge in [0.15, 0.2) is 0 Å². The molecule has 128 valence electrons. The van der Waals surface area contributed by atoms with Gasteiger partial charge in [-0.25, -0.2) is 13.1 Å². The lowest BCUT2D eigenvalue weighted by Crippen LogP contribution is -2.59. The van der Waals surface area contributed by atoms with Crippen molar-refractivity contribution in [2.75, 3.05) is 26.7 Å². The van der Waals surface area contributed by atoms with Crippen molar-refractivity contribution in [2.24, 2.45) is 0 Å². The van der Waals surface area contributed by atoms with Gasteiger partial charge < -0.3 is 4.90 Å². The maximum absolute atomic E-state index is 13.3. The summed E-state index contributed by atoms with van der Waals surface area (Å²) in [6.45, 7) is 1.25. The summed E-state index contributed by atoms with van der Waals surface area (Å²) >= 11 is 0. The number of alkyl halides is 6. The zero-order valence-electron chi connectivity index (χ0n) is 11.8. The molecule has 0 aliphatic rings. The average molecular weight is 344 g/mol.